The van der Waals surface area contributed by atoms with Gasteiger partial charge in [0.05, 0.1) is 13.2 Å². The van der Waals surface area contributed by atoms with Crippen molar-refractivity contribution in [2.45, 2.75) is 26.3 Å². The van der Waals surface area contributed by atoms with E-state index in [1.54, 1.807) is 31.4 Å². The first-order valence-electron chi connectivity index (χ1n) is 9.35. The minimum Gasteiger partial charge on any atom is -0.494 e. The van der Waals surface area contributed by atoms with Crippen LogP contribution >= 0.6 is 0 Å². The quantitative estimate of drug-likeness (QED) is 0.448. The fourth-order valence-electron chi connectivity index (χ4n) is 2.55. The van der Waals surface area contributed by atoms with Gasteiger partial charge in [-0.3, -0.25) is 9.59 Å². The molecule has 0 spiro atoms. The maximum Gasteiger partial charge on any atom is 0.220 e. The number of carbonyl (C=O) groups is 2. The lowest BCUT2D eigenvalue weighted by molar-refractivity contribution is -0.121. The number of nitrogens with one attached hydrogen (secondary N) is 1. The predicted octanol–water partition coefficient (Wildman–Crippen LogP) is 3.39. The summed E-state index contributed by atoms with van der Waals surface area (Å²) in [4.78, 5) is 24.3. The van der Waals surface area contributed by atoms with E-state index in [2.05, 4.69) is 5.32 Å². The van der Waals surface area contributed by atoms with Crippen LogP contribution in [0.15, 0.2) is 48.5 Å². The number of carbonyl (C=O) groups excluding carboxylic acids is 2. The molecule has 0 bridgehead atoms. The third kappa shape index (κ3) is 7.40. The topological polar surface area (TPSA) is 73.9 Å². The van der Waals surface area contributed by atoms with Gasteiger partial charge in [-0.15, -0.1) is 0 Å². The highest BCUT2D eigenvalue weighted by atomic mass is 16.5. The van der Waals surface area contributed by atoms with E-state index >= 15 is 0 Å². The molecule has 0 heterocycles. The number of methoxy groups -OCH3 is 1. The second kappa shape index (κ2) is 11.8. The maximum absolute atomic E-state index is 12.2. The second-order valence-corrected chi connectivity index (χ2v) is 6.15. The molecule has 6 heteroatoms. The molecule has 0 aliphatic heterocycles. The SMILES string of the molecule is CCOc1ccc(C(=O)CCC(=O)NCc2cccc(OCCOC)c2)cc1. The van der Waals surface area contributed by atoms with Gasteiger partial charge in [0.25, 0.3) is 0 Å². The van der Waals surface area contributed by atoms with Gasteiger partial charge in [-0.2, -0.15) is 0 Å². The van der Waals surface area contributed by atoms with Crippen LogP contribution in [0.2, 0.25) is 0 Å². The first kappa shape index (κ1) is 21.4. The van der Waals surface area contributed by atoms with Gasteiger partial charge in [0.15, 0.2) is 5.78 Å². The molecule has 0 aliphatic rings. The van der Waals surface area contributed by atoms with Crippen LogP contribution in [0.3, 0.4) is 0 Å². The van der Waals surface area contributed by atoms with Crippen LogP contribution in [0, 0.1) is 0 Å². The summed E-state index contributed by atoms with van der Waals surface area (Å²) in [5.74, 6) is 1.23. The number of ether oxygens (including phenoxy) is 3. The minimum absolute atomic E-state index is 0.0632. The maximum atomic E-state index is 12.2. The Morgan fingerprint density at radius 1 is 0.929 bits per heavy atom. The Morgan fingerprint density at radius 2 is 1.71 bits per heavy atom. The molecule has 0 fully saturated rings. The van der Waals surface area contributed by atoms with Crippen molar-refractivity contribution < 1.29 is 23.8 Å². The Bertz CT molecular complexity index is 758. The van der Waals surface area contributed by atoms with E-state index in [1.807, 2.05) is 31.2 Å². The first-order valence-corrected chi connectivity index (χ1v) is 9.35. The van der Waals surface area contributed by atoms with Gasteiger partial charge in [0.1, 0.15) is 18.1 Å². The normalized spacial score (nSPS) is 10.4. The molecule has 0 saturated heterocycles. The molecule has 1 N–H and O–H groups in total. The summed E-state index contributed by atoms with van der Waals surface area (Å²) in [5, 5.41) is 2.83. The second-order valence-electron chi connectivity index (χ2n) is 6.15. The van der Waals surface area contributed by atoms with Gasteiger partial charge in [-0.05, 0) is 48.9 Å². The zero-order valence-corrected chi connectivity index (χ0v) is 16.4. The van der Waals surface area contributed by atoms with E-state index in [0.717, 1.165) is 17.1 Å². The Hall–Kier alpha value is -2.86. The summed E-state index contributed by atoms with van der Waals surface area (Å²) in [6.07, 6.45) is 0.316. The van der Waals surface area contributed by atoms with E-state index in [-0.39, 0.29) is 24.5 Å². The van der Waals surface area contributed by atoms with Crippen LogP contribution in [0.4, 0.5) is 0 Å². The van der Waals surface area contributed by atoms with E-state index in [1.165, 1.54) is 0 Å². The highest BCUT2D eigenvalue weighted by Gasteiger charge is 2.10. The third-order valence-electron chi connectivity index (χ3n) is 4.01. The third-order valence-corrected chi connectivity index (χ3v) is 4.01. The molecule has 0 unspecified atom stereocenters. The zero-order valence-electron chi connectivity index (χ0n) is 16.4. The van der Waals surface area contributed by atoms with Crippen LogP contribution < -0.4 is 14.8 Å². The molecule has 6 nitrogen and oxygen atoms in total. The van der Waals surface area contributed by atoms with Gasteiger partial charge >= 0.3 is 0 Å². The molecule has 2 rings (SSSR count). The average Bonchev–Trinajstić information content (AvgIpc) is 2.72. The molecule has 0 radical (unpaired) electrons. The zero-order chi connectivity index (χ0) is 20.2. The van der Waals surface area contributed by atoms with Crippen molar-refractivity contribution >= 4 is 11.7 Å². The van der Waals surface area contributed by atoms with Crippen LogP contribution in [-0.2, 0) is 16.1 Å². The monoisotopic (exact) mass is 385 g/mol. The molecule has 0 aromatic heterocycles. The number of hydrogen-bond donors (Lipinski definition) is 1. The van der Waals surface area contributed by atoms with E-state index in [4.69, 9.17) is 14.2 Å². The fourth-order valence-corrected chi connectivity index (χ4v) is 2.55. The van der Waals surface area contributed by atoms with Gasteiger partial charge in [-0.1, -0.05) is 12.1 Å². The van der Waals surface area contributed by atoms with E-state index < -0.39 is 0 Å². The Morgan fingerprint density at radius 3 is 2.43 bits per heavy atom. The number of hydrogen-bond acceptors (Lipinski definition) is 5. The number of rotatable bonds is 12. The summed E-state index contributed by atoms with van der Waals surface area (Å²) in [5.41, 5.74) is 1.51. The highest BCUT2D eigenvalue weighted by molar-refractivity contribution is 5.98. The summed E-state index contributed by atoms with van der Waals surface area (Å²) in [7, 11) is 1.62. The summed E-state index contributed by atoms with van der Waals surface area (Å²) < 4.78 is 15.9. The Balaban J connectivity index is 1.75. The Labute approximate surface area is 165 Å². The van der Waals surface area contributed by atoms with E-state index in [0.29, 0.717) is 31.9 Å². The molecule has 0 saturated carbocycles. The molecule has 2 aromatic carbocycles. The number of ketones is 1. The molecule has 0 aliphatic carbocycles. The lowest BCUT2D eigenvalue weighted by Crippen LogP contribution is -2.23. The number of amides is 1. The molecule has 150 valence electrons. The van der Waals surface area contributed by atoms with Crippen molar-refractivity contribution in [3.05, 3.63) is 59.7 Å². The fraction of sp³-hybridized carbons (Fsp3) is 0.364. The number of benzene rings is 2. The van der Waals surface area contributed by atoms with Gasteiger partial charge in [0, 0.05) is 32.1 Å². The number of Topliss-reactive ketones (excluding diaryl/α,β-unsaturated/α-hetero) is 1. The van der Waals surface area contributed by atoms with Crippen molar-refractivity contribution in [3.63, 3.8) is 0 Å². The van der Waals surface area contributed by atoms with Crippen molar-refractivity contribution in [2.24, 2.45) is 0 Å². The molecule has 0 atom stereocenters. The standard InChI is InChI=1S/C22H27NO5/c1-3-27-19-9-7-18(8-10-19)21(24)11-12-22(25)23-16-17-5-4-6-20(15-17)28-14-13-26-2/h4-10,15H,3,11-14,16H2,1-2H3,(H,23,25). The van der Waals surface area contributed by atoms with Crippen LogP contribution in [0.25, 0.3) is 0 Å². The molecule has 2 aromatic rings. The lowest BCUT2D eigenvalue weighted by Gasteiger charge is -2.09. The first-order chi connectivity index (χ1) is 13.6. The van der Waals surface area contributed by atoms with Gasteiger partial charge in [0.2, 0.25) is 5.91 Å². The largest absolute Gasteiger partial charge is 0.494 e. The van der Waals surface area contributed by atoms with Crippen LogP contribution in [-0.4, -0.2) is 38.6 Å². The summed E-state index contributed by atoms with van der Waals surface area (Å²) in [6.45, 7) is 3.86. The van der Waals surface area contributed by atoms with Gasteiger partial charge < -0.3 is 19.5 Å². The molecule has 1 amide bonds. The average molecular weight is 385 g/mol. The minimum atomic E-state index is -0.162. The molecular formula is C22H27NO5. The van der Waals surface area contributed by atoms with Crippen LogP contribution in [0.5, 0.6) is 11.5 Å². The van der Waals surface area contributed by atoms with Crippen molar-refractivity contribution in [1.82, 2.24) is 5.32 Å². The lowest BCUT2D eigenvalue weighted by atomic mass is 10.1. The van der Waals surface area contributed by atoms with Crippen molar-refractivity contribution in [3.8, 4) is 11.5 Å². The molecule has 28 heavy (non-hydrogen) atoms. The van der Waals surface area contributed by atoms with Crippen LogP contribution in [0.1, 0.15) is 35.7 Å². The predicted molar refractivity (Wildman–Crippen MR) is 107 cm³/mol. The van der Waals surface area contributed by atoms with E-state index in [9.17, 15) is 9.59 Å². The molecular weight excluding hydrogens is 358 g/mol. The highest BCUT2D eigenvalue weighted by Crippen LogP contribution is 2.15. The summed E-state index contributed by atoms with van der Waals surface area (Å²) >= 11 is 0. The van der Waals surface area contributed by atoms with Gasteiger partial charge in [-0.25, -0.2) is 0 Å². The van der Waals surface area contributed by atoms with Crippen molar-refractivity contribution in [1.29, 1.82) is 0 Å². The van der Waals surface area contributed by atoms with Crippen molar-refractivity contribution in [2.75, 3.05) is 26.9 Å². The smallest absolute Gasteiger partial charge is 0.220 e. The summed E-state index contributed by atoms with van der Waals surface area (Å²) in [6, 6.07) is 14.5. The Kier molecular flexibility index (Phi) is 9.01.